The van der Waals surface area contributed by atoms with E-state index in [0.29, 0.717) is 27.9 Å². The normalized spacial score (nSPS) is 49.0. The molecule has 4 fully saturated rings. The van der Waals surface area contributed by atoms with E-state index in [1.165, 1.54) is 64.2 Å². The van der Waals surface area contributed by atoms with Crippen LogP contribution in [0.5, 0.6) is 0 Å². The molecule has 0 aromatic heterocycles. The zero-order chi connectivity index (χ0) is 20.3. The number of carbonyl (C=O) groups excluding carboxylic acids is 1. The first-order chi connectivity index (χ1) is 13.1. The molecule has 0 bridgehead atoms. The average molecular weight is 387 g/mol. The van der Waals surface area contributed by atoms with Crippen molar-refractivity contribution in [2.24, 2.45) is 51.8 Å². The first-order valence-corrected chi connectivity index (χ1v) is 12.7. The summed E-state index contributed by atoms with van der Waals surface area (Å²) in [4.78, 5) is 12.5. The van der Waals surface area contributed by atoms with Crippen LogP contribution in [-0.4, -0.2) is 5.78 Å². The Morgan fingerprint density at radius 1 is 0.857 bits per heavy atom. The van der Waals surface area contributed by atoms with Gasteiger partial charge >= 0.3 is 0 Å². The van der Waals surface area contributed by atoms with Gasteiger partial charge in [0.25, 0.3) is 0 Å². The molecule has 0 aliphatic heterocycles. The van der Waals surface area contributed by atoms with Crippen molar-refractivity contribution in [2.75, 3.05) is 0 Å². The predicted octanol–water partition coefficient (Wildman–Crippen LogP) is 7.68. The SMILES string of the molecule is CC(C)CCC[C@H](C)[C@@H]1CC[C@@]2(C)[C@H]3CC[C@H]4C(=O)CC[C@]4(C)[C@@H]3CC[C@]12C. The molecule has 4 aliphatic rings. The molecule has 0 amide bonds. The Labute approximate surface area is 174 Å². The average Bonchev–Trinajstić information content (AvgIpc) is 3.08. The van der Waals surface area contributed by atoms with Gasteiger partial charge in [-0.3, -0.25) is 4.79 Å². The maximum absolute atomic E-state index is 12.5. The largest absolute Gasteiger partial charge is 0.299 e. The molecule has 160 valence electrons. The third-order valence-corrected chi connectivity index (χ3v) is 11.2. The third kappa shape index (κ3) is 2.88. The fraction of sp³-hybridized carbons (Fsp3) is 0.963. The van der Waals surface area contributed by atoms with Gasteiger partial charge in [0.2, 0.25) is 0 Å². The van der Waals surface area contributed by atoms with Crippen molar-refractivity contribution < 1.29 is 4.79 Å². The van der Waals surface area contributed by atoms with Crippen LogP contribution in [0.3, 0.4) is 0 Å². The predicted molar refractivity (Wildman–Crippen MR) is 118 cm³/mol. The topological polar surface area (TPSA) is 17.1 Å². The van der Waals surface area contributed by atoms with E-state index in [-0.39, 0.29) is 0 Å². The molecule has 0 spiro atoms. The Morgan fingerprint density at radius 3 is 2.29 bits per heavy atom. The van der Waals surface area contributed by atoms with Crippen LogP contribution in [0.25, 0.3) is 0 Å². The lowest BCUT2D eigenvalue weighted by molar-refractivity contribution is -0.149. The van der Waals surface area contributed by atoms with Crippen LogP contribution in [0.4, 0.5) is 0 Å². The van der Waals surface area contributed by atoms with E-state index in [1.54, 1.807) is 0 Å². The zero-order valence-electron chi connectivity index (χ0n) is 19.7. The summed E-state index contributed by atoms with van der Waals surface area (Å²) in [6.07, 6.45) is 14.5. The maximum Gasteiger partial charge on any atom is 0.136 e. The molecule has 0 aromatic rings. The van der Waals surface area contributed by atoms with Gasteiger partial charge in [0, 0.05) is 12.3 Å². The van der Waals surface area contributed by atoms with Crippen molar-refractivity contribution in [3.63, 3.8) is 0 Å². The van der Waals surface area contributed by atoms with Crippen LogP contribution in [0.15, 0.2) is 0 Å². The summed E-state index contributed by atoms with van der Waals surface area (Å²) in [5, 5.41) is 0. The fourth-order valence-corrected chi connectivity index (χ4v) is 9.32. The van der Waals surface area contributed by atoms with Gasteiger partial charge in [-0.25, -0.2) is 0 Å². The molecule has 0 unspecified atom stereocenters. The number of Topliss-reactive ketones (excluding diaryl/α,β-unsaturated/α-hetero) is 1. The molecule has 4 rings (SSSR count). The minimum absolute atomic E-state index is 0.325. The quantitative estimate of drug-likeness (QED) is 0.473. The molecule has 0 heterocycles. The van der Waals surface area contributed by atoms with Crippen LogP contribution < -0.4 is 0 Å². The number of fused-ring (bicyclic) bond motifs is 5. The van der Waals surface area contributed by atoms with E-state index in [4.69, 9.17) is 0 Å². The number of rotatable bonds is 5. The lowest BCUT2D eigenvalue weighted by Crippen LogP contribution is -2.56. The highest BCUT2D eigenvalue weighted by atomic mass is 16.1. The molecule has 28 heavy (non-hydrogen) atoms. The van der Waals surface area contributed by atoms with Gasteiger partial charge in [-0.1, -0.05) is 60.8 Å². The Morgan fingerprint density at radius 2 is 1.57 bits per heavy atom. The van der Waals surface area contributed by atoms with E-state index < -0.39 is 0 Å². The van der Waals surface area contributed by atoms with Gasteiger partial charge in [-0.15, -0.1) is 0 Å². The van der Waals surface area contributed by atoms with Crippen molar-refractivity contribution in [3.8, 4) is 0 Å². The lowest BCUT2D eigenvalue weighted by Gasteiger charge is -2.62. The molecule has 0 aromatic carbocycles. The highest BCUT2D eigenvalue weighted by molar-refractivity contribution is 5.84. The Hall–Kier alpha value is -0.330. The summed E-state index contributed by atoms with van der Waals surface area (Å²) >= 11 is 0. The monoisotopic (exact) mass is 386 g/mol. The lowest BCUT2D eigenvalue weighted by atomic mass is 9.42. The van der Waals surface area contributed by atoms with Crippen molar-refractivity contribution in [3.05, 3.63) is 0 Å². The molecular formula is C27H46O. The van der Waals surface area contributed by atoms with Crippen LogP contribution in [0.1, 0.15) is 112 Å². The number of carbonyl (C=O) groups is 1. The summed E-state index contributed by atoms with van der Waals surface area (Å²) in [6.45, 7) is 15.2. The minimum Gasteiger partial charge on any atom is -0.299 e. The fourth-order valence-electron chi connectivity index (χ4n) is 9.32. The van der Waals surface area contributed by atoms with Gasteiger partial charge in [0.05, 0.1) is 0 Å². The Bertz CT molecular complexity index is 607. The smallest absolute Gasteiger partial charge is 0.136 e. The molecule has 0 saturated heterocycles. The number of ketones is 1. The number of hydrogen-bond acceptors (Lipinski definition) is 1. The third-order valence-electron chi connectivity index (χ3n) is 11.2. The van der Waals surface area contributed by atoms with E-state index in [2.05, 4.69) is 41.5 Å². The van der Waals surface area contributed by atoms with Crippen molar-refractivity contribution in [1.82, 2.24) is 0 Å². The van der Waals surface area contributed by atoms with Crippen LogP contribution in [-0.2, 0) is 4.79 Å². The van der Waals surface area contributed by atoms with E-state index in [9.17, 15) is 4.79 Å². The van der Waals surface area contributed by atoms with Gasteiger partial charge in [-0.05, 0) is 90.8 Å². The van der Waals surface area contributed by atoms with E-state index in [0.717, 1.165) is 36.0 Å². The van der Waals surface area contributed by atoms with Crippen LogP contribution in [0, 0.1) is 51.8 Å². The van der Waals surface area contributed by atoms with Crippen LogP contribution >= 0.6 is 0 Å². The molecular weight excluding hydrogens is 340 g/mol. The van der Waals surface area contributed by atoms with Gasteiger partial charge in [0.15, 0.2) is 0 Å². The summed E-state index contributed by atoms with van der Waals surface area (Å²) in [5.41, 5.74) is 1.36. The molecule has 0 radical (unpaired) electrons. The van der Waals surface area contributed by atoms with E-state index in [1.807, 2.05) is 0 Å². The van der Waals surface area contributed by atoms with E-state index >= 15 is 0 Å². The molecule has 0 N–H and O–H groups in total. The molecule has 8 atom stereocenters. The highest BCUT2D eigenvalue weighted by Crippen LogP contribution is 2.73. The van der Waals surface area contributed by atoms with Gasteiger partial charge < -0.3 is 0 Å². The van der Waals surface area contributed by atoms with Crippen molar-refractivity contribution >= 4 is 5.78 Å². The molecule has 4 saturated carbocycles. The van der Waals surface area contributed by atoms with Crippen molar-refractivity contribution in [1.29, 1.82) is 0 Å². The second-order valence-electron chi connectivity index (χ2n) is 12.6. The Balaban J connectivity index is 1.54. The summed E-state index contributed by atoms with van der Waals surface area (Å²) < 4.78 is 0. The van der Waals surface area contributed by atoms with Crippen LogP contribution in [0.2, 0.25) is 0 Å². The minimum atomic E-state index is 0.325. The number of hydrogen-bond donors (Lipinski definition) is 0. The summed E-state index contributed by atoms with van der Waals surface area (Å²) in [6, 6.07) is 0. The maximum atomic E-state index is 12.5. The summed E-state index contributed by atoms with van der Waals surface area (Å²) in [5.74, 6) is 5.31. The summed E-state index contributed by atoms with van der Waals surface area (Å²) in [7, 11) is 0. The second-order valence-corrected chi connectivity index (χ2v) is 12.6. The van der Waals surface area contributed by atoms with Gasteiger partial charge in [0.1, 0.15) is 5.78 Å². The first-order valence-electron chi connectivity index (χ1n) is 12.7. The zero-order valence-corrected chi connectivity index (χ0v) is 19.7. The second kappa shape index (κ2) is 7.12. The molecule has 1 nitrogen and oxygen atoms in total. The molecule has 1 heteroatoms. The van der Waals surface area contributed by atoms with Crippen molar-refractivity contribution in [2.45, 2.75) is 112 Å². The standard InChI is InChI=1S/C27H46O/c1-18(2)8-7-9-19(3)20-12-16-27(6)22-10-11-23-24(28)14-15-25(23,4)21(22)13-17-26(20,27)5/h18-23H,7-17H2,1-6H3/t19-,20-,21+,22-,23-,25+,26+,27-/m0/s1. The Kier molecular flexibility index (Phi) is 5.32. The highest BCUT2D eigenvalue weighted by Gasteiger charge is 2.66. The molecule has 4 aliphatic carbocycles. The first kappa shape index (κ1) is 20.9. The van der Waals surface area contributed by atoms with Gasteiger partial charge in [-0.2, -0.15) is 0 Å².